The number of nitrogens with zero attached hydrogens (tertiary/aromatic N) is 1. The first-order valence-electron chi connectivity index (χ1n) is 6.44. The van der Waals surface area contributed by atoms with Crippen LogP contribution in [-0.2, 0) is 11.3 Å². The lowest BCUT2D eigenvalue weighted by molar-refractivity contribution is -0.122. The van der Waals surface area contributed by atoms with Gasteiger partial charge in [-0.25, -0.2) is 0 Å². The average Bonchev–Trinajstić information content (AvgIpc) is 2.27. The molecule has 2 rings (SSSR count). The molecule has 1 aromatic rings. The van der Waals surface area contributed by atoms with Crippen LogP contribution < -0.4 is 10.6 Å². The number of hydrogen-bond donors (Lipinski definition) is 2. The third-order valence-electron chi connectivity index (χ3n) is 3.16. The molecular formula is C14H21N3O. The van der Waals surface area contributed by atoms with Gasteiger partial charge < -0.3 is 10.6 Å². The van der Waals surface area contributed by atoms with Crippen molar-refractivity contribution in [2.45, 2.75) is 6.54 Å². The molecule has 2 N–H and O–H groups in total. The van der Waals surface area contributed by atoms with Crippen molar-refractivity contribution in [1.29, 1.82) is 0 Å². The topological polar surface area (TPSA) is 44.4 Å². The Morgan fingerprint density at radius 1 is 1.39 bits per heavy atom. The number of carbonyl (C=O) groups excluding carboxylic acids is 1. The Morgan fingerprint density at radius 3 is 2.72 bits per heavy atom. The molecule has 0 saturated carbocycles. The number of likely N-dealkylation sites (N-methyl/N-ethyl adjacent to an activating group) is 1. The monoisotopic (exact) mass is 247 g/mol. The number of hydrogen-bond acceptors (Lipinski definition) is 3. The quantitative estimate of drug-likeness (QED) is 0.767. The molecule has 1 aliphatic heterocycles. The molecule has 18 heavy (non-hydrogen) atoms. The summed E-state index contributed by atoms with van der Waals surface area (Å²) in [6.07, 6.45) is 0. The van der Waals surface area contributed by atoms with Crippen molar-refractivity contribution >= 4 is 5.91 Å². The Hall–Kier alpha value is -1.39. The molecule has 0 radical (unpaired) electrons. The maximum absolute atomic E-state index is 11.7. The largest absolute Gasteiger partial charge is 0.355 e. The normalized spacial score (nSPS) is 15.4. The fraction of sp³-hybridized carbons (Fsp3) is 0.500. The van der Waals surface area contributed by atoms with Crippen LogP contribution in [0.5, 0.6) is 0 Å². The van der Waals surface area contributed by atoms with E-state index in [2.05, 4.69) is 22.8 Å². The van der Waals surface area contributed by atoms with Gasteiger partial charge in [0.1, 0.15) is 0 Å². The van der Waals surface area contributed by atoms with Gasteiger partial charge in [0.05, 0.1) is 6.54 Å². The first-order valence-corrected chi connectivity index (χ1v) is 6.44. The first-order chi connectivity index (χ1) is 8.74. The minimum atomic E-state index is 0.111. The fourth-order valence-corrected chi connectivity index (χ4v) is 2.00. The van der Waals surface area contributed by atoms with Crippen molar-refractivity contribution in [2.24, 2.45) is 5.92 Å². The maximum atomic E-state index is 11.7. The van der Waals surface area contributed by atoms with Crippen molar-refractivity contribution in [1.82, 2.24) is 15.5 Å². The molecule has 0 unspecified atom stereocenters. The highest BCUT2D eigenvalue weighted by Gasteiger charge is 2.17. The molecule has 98 valence electrons. The van der Waals surface area contributed by atoms with Gasteiger partial charge in [0.15, 0.2) is 0 Å². The zero-order chi connectivity index (χ0) is 12.8. The van der Waals surface area contributed by atoms with E-state index in [1.54, 1.807) is 0 Å². The molecule has 0 atom stereocenters. The predicted molar refractivity (Wildman–Crippen MR) is 72.1 cm³/mol. The van der Waals surface area contributed by atoms with E-state index in [0.717, 1.165) is 26.2 Å². The van der Waals surface area contributed by atoms with Gasteiger partial charge in [-0.2, -0.15) is 0 Å². The summed E-state index contributed by atoms with van der Waals surface area (Å²) < 4.78 is 0. The molecule has 0 aliphatic carbocycles. The van der Waals surface area contributed by atoms with E-state index >= 15 is 0 Å². The minimum Gasteiger partial charge on any atom is -0.355 e. The highest BCUT2D eigenvalue weighted by atomic mass is 16.2. The van der Waals surface area contributed by atoms with Gasteiger partial charge in [-0.05, 0) is 12.6 Å². The summed E-state index contributed by atoms with van der Waals surface area (Å²) in [5, 5.41) is 6.18. The number of benzene rings is 1. The zero-order valence-corrected chi connectivity index (χ0v) is 10.9. The third-order valence-corrected chi connectivity index (χ3v) is 3.16. The number of nitrogens with one attached hydrogen (secondary N) is 2. The summed E-state index contributed by atoms with van der Waals surface area (Å²) in [6, 6.07) is 10.2. The van der Waals surface area contributed by atoms with Crippen molar-refractivity contribution in [3.63, 3.8) is 0 Å². The van der Waals surface area contributed by atoms with E-state index in [9.17, 15) is 4.79 Å². The second-order valence-electron chi connectivity index (χ2n) is 4.99. The third kappa shape index (κ3) is 4.13. The standard InChI is InChI=1S/C14H21N3O/c1-17(10-12-5-3-2-4-6-12)11-14(18)16-9-13-7-15-8-13/h2-6,13,15H,7-11H2,1H3,(H,16,18). The SMILES string of the molecule is CN(CC(=O)NCC1CNC1)Cc1ccccc1. The lowest BCUT2D eigenvalue weighted by Gasteiger charge is -2.27. The van der Waals surface area contributed by atoms with Crippen LogP contribution in [0.4, 0.5) is 0 Å². The Bertz CT molecular complexity index is 376. The summed E-state index contributed by atoms with van der Waals surface area (Å²) in [4.78, 5) is 13.7. The second-order valence-corrected chi connectivity index (χ2v) is 4.99. The highest BCUT2D eigenvalue weighted by molar-refractivity contribution is 5.77. The van der Waals surface area contributed by atoms with Crippen molar-refractivity contribution in [3.8, 4) is 0 Å². The Morgan fingerprint density at radius 2 is 2.11 bits per heavy atom. The smallest absolute Gasteiger partial charge is 0.234 e. The lowest BCUT2D eigenvalue weighted by atomic mass is 10.0. The molecule has 1 aromatic carbocycles. The van der Waals surface area contributed by atoms with Crippen LogP contribution in [-0.4, -0.2) is 44.0 Å². The zero-order valence-electron chi connectivity index (χ0n) is 10.9. The molecule has 1 saturated heterocycles. The summed E-state index contributed by atoms with van der Waals surface area (Å²) >= 11 is 0. The molecule has 1 aliphatic rings. The van der Waals surface area contributed by atoms with Crippen LogP contribution >= 0.6 is 0 Å². The molecule has 0 spiro atoms. The van der Waals surface area contributed by atoms with Gasteiger partial charge in [-0.15, -0.1) is 0 Å². The summed E-state index contributed by atoms with van der Waals surface area (Å²) in [6.45, 7) is 4.11. The van der Waals surface area contributed by atoms with Crippen LogP contribution in [0.1, 0.15) is 5.56 Å². The molecule has 1 heterocycles. The Kier molecular flexibility index (Phi) is 4.73. The molecule has 4 heteroatoms. The summed E-state index contributed by atoms with van der Waals surface area (Å²) in [5.74, 6) is 0.730. The van der Waals surface area contributed by atoms with Crippen LogP contribution in [0.25, 0.3) is 0 Å². The molecule has 0 bridgehead atoms. The van der Waals surface area contributed by atoms with Crippen molar-refractivity contribution in [3.05, 3.63) is 35.9 Å². The number of rotatable bonds is 6. The molecule has 1 fully saturated rings. The lowest BCUT2D eigenvalue weighted by Crippen LogP contribution is -2.49. The molecule has 4 nitrogen and oxygen atoms in total. The first kappa shape index (κ1) is 13.1. The van der Waals surface area contributed by atoms with Crippen molar-refractivity contribution in [2.75, 3.05) is 33.2 Å². The van der Waals surface area contributed by atoms with Crippen LogP contribution in [0.2, 0.25) is 0 Å². The second kappa shape index (κ2) is 6.52. The van der Waals surface area contributed by atoms with E-state index in [1.165, 1.54) is 5.56 Å². The Balaban J connectivity index is 1.66. The van der Waals surface area contributed by atoms with Crippen LogP contribution in [0.15, 0.2) is 30.3 Å². The summed E-state index contributed by atoms with van der Waals surface area (Å²) in [5.41, 5.74) is 1.23. The fourth-order valence-electron chi connectivity index (χ4n) is 2.00. The number of amides is 1. The van der Waals surface area contributed by atoms with Gasteiger partial charge in [0.2, 0.25) is 5.91 Å². The molecule has 0 aromatic heterocycles. The van der Waals surface area contributed by atoms with Crippen LogP contribution in [0, 0.1) is 5.92 Å². The van der Waals surface area contributed by atoms with Gasteiger partial charge in [-0.3, -0.25) is 9.69 Å². The van der Waals surface area contributed by atoms with E-state index < -0.39 is 0 Å². The van der Waals surface area contributed by atoms with Gasteiger partial charge in [0, 0.05) is 32.1 Å². The number of carbonyl (C=O) groups is 1. The van der Waals surface area contributed by atoms with E-state index in [1.807, 2.05) is 30.1 Å². The average molecular weight is 247 g/mol. The molecule has 1 amide bonds. The predicted octanol–water partition coefficient (Wildman–Crippen LogP) is 0.454. The minimum absolute atomic E-state index is 0.111. The Labute approximate surface area is 108 Å². The maximum Gasteiger partial charge on any atom is 0.234 e. The van der Waals surface area contributed by atoms with Gasteiger partial charge in [-0.1, -0.05) is 30.3 Å². The van der Waals surface area contributed by atoms with Gasteiger partial charge >= 0.3 is 0 Å². The van der Waals surface area contributed by atoms with E-state index in [4.69, 9.17) is 0 Å². The van der Waals surface area contributed by atoms with E-state index in [0.29, 0.717) is 12.5 Å². The van der Waals surface area contributed by atoms with E-state index in [-0.39, 0.29) is 5.91 Å². The van der Waals surface area contributed by atoms with Crippen molar-refractivity contribution < 1.29 is 4.79 Å². The van der Waals surface area contributed by atoms with Crippen LogP contribution in [0.3, 0.4) is 0 Å². The summed E-state index contributed by atoms with van der Waals surface area (Å²) in [7, 11) is 1.97. The van der Waals surface area contributed by atoms with Gasteiger partial charge in [0.25, 0.3) is 0 Å². The highest BCUT2D eigenvalue weighted by Crippen LogP contribution is 2.02. The molecular weight excluding hydrogens is 226 g/mol.